The summed E-state index contributed by atoms with van der Waals surface area (Å²) in [5, 5.41) is 11.2. The van der Waals surface area contributed by atoms with Gasteiger partial charge in [-0.2, -0.15) is 5.26 Å². The number of nitrogens with zero attached hydrogens (tertiary/aromatic N) is 1. The summed E-state index contributed by atoms with van der Waals surface area (Å²) in [4.78, 5) is 11.0. The fraction of sp³-hybridized carbons (Fsp3) is 0.200. The molecule has 4 heteroatoms. The number of benzene rings is 1. The molecule has 0 saturated heterocycles. The summed E-state index contributed by atoms with van der Waals surface area (Å²) in [5.74, 6) is -0.349. The number of para-hydroxylation sites is 1. The van der Waals surface area contributed by atoms with Crippen LogP contribution in [-0.2, 0) is 11.2 Å². The van der Waals surface area contributed by atoms with Crippen molar-refractivity contribution in [3.8, 4) is 6.07 Å². The molecule has 0 atom stereocenters. The van der Waals surface area contributed by atoms with Gasteiger partial charge in [0.15, 0.2) is 0 Å². The van der Waals surface area contributed by atoms with Gasteiger partial charge in [-0.1, -0.05) is 18.2 Å². The van der Waals surface area contributed by atoms with Crippen LogP contribution in [0.4, 0.5) is 5.69 Å². The van der Waals surface area contributed by atoms with Crippen molar-refractivity contribution in [3.63, 3.8) is 0 Å². The number of nitrogens with one attached hydrogen (secondary N) is 1. The van der Waals surface area contributed by atoms with Crippen molar-refractivity contribution in [1.82, 2.24) is 0 Å². The number of amides is 1. The molecule has 1 aromatic rings. The van der Waals surface area contributed by atoms with Gasteiger partial charge in [0, 0.05) is 5.69 Å². The van der Waals surface area contributed by atoms with Crippen LogP contribution in [0.5, 0.6) is 0 Å². The standard InChI is InChI=1S/C10H9ClN2O/c11-7-10(14)13-9-4-2-1-3-8(9)5-6-12/h1-4H,5,7H2,(H,13,14). The average molecular weight is 209 g/mol. The van der Waals surface area contributed by atoms with Crippen LogP contribution in [0, 0.1) is 11.3 Å². The maximum atomic E-state index is 11.0. The van der Waals surface area contributed by atoms with Crippen molar-refractivity contribution in [2.24, 2.45) is 0 Å². The van der Waals surface area contributed by atoms with E-state index in [-0.39, 0.29) is 18.2 Å². The van der Waals surface area contributed by atoms with E-state index in [4.69, 9.17) is 16.9 Å². The Balaban J connectivity index is 2.85. The van der Waals surface area contributed by atoms with E-state index in [1.807, 2.05) is 12.1 Å². The van der Waals surface area contributed by atoms with Gasteiger partial charge in [0.1, 0.15) is 5.88 Å². The molecule has 0 fully saturated rings. The molecule has 1 rings (SSSR count). The molecule has 0 radical (unpaired) electrons. The van der Waals surface area contributed by atoms with E-state index >= 15 is 0 Å². The molecule has 72 valence electrons. The van der Waals surface area contributed by atoms with Gasteiger partial charge in [-0.15, -0.1) is 11.6 Å². The molecule has 1 amide bonds. The summed E-state index contributed by atoms with van der Waals surface area (Å²) in [6, 6.07) is 9.20. The Kier molecular flexibility index (Phi) is 3.96. The third-order valence-corrected chi connectivity index (χ3v) is 1.93. The van der Waals surface area contributed by atoms with Crippen molar-refractivity contribution >= 4 is 23.2 Å². The number of hydrogen-bond donors (Lipinski definition) is 1. The molecular weight excluding hydrogens is 200 g/mol. The lowest BCUT2D eigenvalue weighted by Crippen LogP contribution is -2.13. The predicted molar refractivity (Wildman–Crippen MR) is 55.1 cm³/mol. The number of halogens is 1. The van der Waals surface area contributed by atoms with E-state index < -0.39 is 0 Å². The molecule has 0 aliphatic rings. The van der Waals surface area contributed by atoms with Gasteiger partial charge in [-0.25, -0.2) is 0 Å². The Labute approximate surface area is 87.3 Å². The molecule has 0 bridgehead atoms. The summed E-state index contributed by atoms with van der Waals surface area (Å²) in [7, 11) is 0. The number of alkyl halides is 1. The van der Waals surface area contributed by atoms with Crippen molar-refractivity contribution in [2.45, 2.75) is 6.42 Å². The van der Waals surface area contributed by atoms with Gasteiger partial charge in [-0.05, 0) is 11.6 Å². The van der Waals surface area contributed by atoms with Gasteiger partial charge in [0.05, 0.1) is 12.5 Å². The van der Waals surface area contributed by atoms with Gasteiger partial charge < -0.3 is 5.32 Å². The van der Waals surface area contributed by atoms with Crippen molar-refractivity contribution in [2.75, 3.05) is 11.2 Å². The Bertz CT molecular complexity index is 371. The topological polar surface area (TPSA) is 52.9 Å². The van der Waals surface area contributed by atoms with Crippen LogP contribution in [-0.4, -0.2) is 11.8 Å². The molecule has 0 aliphatic heterocycles. The average Bonchev–Trinajstić information content (AvgIpc) is 2.21. The second kappa shape index (κ2) is 5.25. The van der Waals surface area contributed by atoms with Crippen molar-refractivity contribution in [3.05, 3.63) is 29.8 Å². The first-order valence-corrected chi connectivity index (χ1v) is 4.62. The second-order valence-corrected chi connectivity index (χ2v) is 2.94. The number of rotatable bonds is 3. The summed E-state index contributed by atoms with van der Waals surface area (Å²) in [6.45, 7) is 0. The predicted octanol–water partition coefficient (Wildman–Crippen LogP) is 1.93. The van der Waals surface area contributed by atoms with E-state index in [1.165, 1.54) is 0 Å². The van der Waals surface area contributed by atoms with Crippen LogP contribution in [0.3, 0.4) is 0 Å². The number of carbonyl (C=O) groups excluding carboxylic acids is 1. The van der Waals surface area contributed by atoms with Crippen LogP contribution in [0.15, 0.2) is 24.3 Å². The van der Waals surface area contributed by atoms with Gasteiger partial charge in [0.25, 0.3) is 0 Å². The molecule has 0 spiro atoms. The van der Waals surface area contributed by atoms with E-state index in [9.17, 15) is 4.79 Å². The SMILES string of the molecule is N#CCc1ccccc1NC(=O)CCl. The normalized spacial score (nSPS) is 9.14. The van der Waals surface area contributed by atoms with E-state index in [2.05, 4.69) is 5.32 Å². The molecule has 1 aromatic carbocycles. The monoisotopic (exact) mass is 208 g/mol. The molecule has 3 nitrogen and oxygen atoms in total. The van der Waals surface area contributed by atoms with E-state index in [0.717, 1.165) is 5.56 Å². The highest BCUT2D eigenvalue weighted by atomic mass is 35.5. The fourth-order valence-corrected chi connectivity index (χ4v) is 1.13. The largest absolute Gasteiger partial charge is 0.325 e. The quantitative estimate of drug-likeness (QED) is 0.772. The third kappa shape index (κ3) is 2.75. The van der Waals surface area contributed by atoms with E-state index in [0.29, 0.717) is 5.69 Å². The van der Waals surface area contributed by atoms with Crippen LogP contribution in [0.25, 0.3) is 0 Å². The maximum Gasteiger partial charge on any atom is 0.239 e. The van der Waals surface area contributed by atoms with Crippen LogP contribution in [0.1, 0.15) is 5.56 Å². The number of nitriles is 1. The zero-order valence-corrected chi connectivity index (χ0v) is 8.21. The van der Waals surface area contributed by atoms with Crippen molar-refractivity contribution in [1.29, 1.82) is 5.26 Å². The minimum atomic E-state index is -0.267. The molecular formula is C10H9ClN2O. The number of hydrogen-bond acceptors (Lipinski definition) is 2. The molecule has 0 heterocycles. The molecule has 14 heavy (non-hydrogen) atoms. The maximum absolute atomic E-state index is 11.0. The first-order valence-electron chi connectivity index (χ1n) is 4.08. The Hall–Kier alpha value is -1.53. The van der Waals surface area contributed by atoms with Gasteiger partial charge in [0.2, 0.25) is 5.91 Å². The summed E-state index contributed by atoms with van der Waals surface area (Å²) >= 11 is 5.35. The summed E-state index contributed by atoms with van der Waals surface area (Å²) in [6.07, 6.45) is 0.277. The molecule has 0 aromatic heterocycles. The molecule has 1 N–H and O–H groups in total. The lowest BCUT2D eigenvalue weighted by molar-refractivity contribution is -0.113. The summed E-state index contributed by atoms with van der Waals surface area (Å²) < 4.78 is 0. The smallest absolute Gasteiger partial charge is 0.239 e. The third-order valence-electron chi connectivity index (χ3n) is 1.68. The zero-order chi connectivity index (χ0) is 10.4. The summed E-state index contributed by atoms with van der Waals surface area (Å²) in [5.41, 5.74) is 1.45. The number of anilines is 1. The Morgan fingerprint density at radius 1 is 1.50 bits per heavy atom. The molecule has 0 unspecified atom stereocenters. The van der Waals surface area contributed by atoms with Crippen LogP contribution < -0.4 is 5.32 Å². The Morgan fingerprint density at radius 3 is 2.86 bits per heavy atom. The van der Waals surface area contributed by atoms with Crippen LogP contribution in [0.2, 0.25) is 0 Å². The minimum Gasteiger partial charge on any atom is -0.325 e. The second-order valence-electron chi connectivity index (χ2n) is 2.67. The minimum absolute atomic E-state index is 0.0825. The van der Waals surface area contributed by atoms with Gasteiger partial charge >= 0.3 is 0 Å². The van der Waals surface area contributed by atoms with Gasteiger partial charge in [-0.3, -0.25) is 4.79 Å². The highest BCUT2D eigenvalue weighted by Gasteiger charge is 2.04. The van der Waals surface area contributed by atoms with Crippen LogP contribution >= 0.6 is 11.6 Å². The molecule has 0 saturated carbocycles. The number of carbonyl (C=O) groups is 1. The van der Waals surface area contributed by atoms with E-state index in [1.54, 1.807) is 18.2 Å². The highest BCUT2D eigenvalue weighted by molar-refractivity contribution is 6.29. The highest BCUT2D eigenvalue weighted by Crippen LogP contribution is 2.15. The first-order chi connectivity index (χ1) is 6.77. The lowest BCUT2D eigenvalue weighted by atomic mass is 10.1. The Morgan fingerprint density at radius 2 is 2.21 bits per heavy atom. The zero-order valence-electron chi connectivity index (χ0n) is 7.46. The van der Waals surface area contributed by atoms with Crippen molar-refractivity contribution < 1.29 is 4.79 Å². The lowest BCUT2D eigenvalue weighted by Gasteiger charge is -2.06. The first kappa shape index (κ1) is 10.6. The molecule has 0 aliphatic carbocycles. The fourth-order valence-electron chi connectivity index (χ4n) is 1.07.